The molecule has 2 heterocycles. The Kier molecular flexibility index (Phi) is 6.84. The maximum Gasteiger partial charge on any atom is 0.248 e. The van der Waals surface area contributed by atoms with E-state index < -0.39 is 10.0 Å². The van der Waals surface area contributed by atoms with Gasteiger partial charge in [0.25, 0.3) is 0 Å². The molecule has 1 saturated heterocycles. The van der Waals surface area contributed by atoms with Gasteiger partial charge >= 0.3 is 0 Å². The molecule has 1 N–H and O–H groups in total. The minimum absolute atomic E-state index is 0.0738. The second-order valence-corrected chi connectivity index (χ2v) is 9.73. The fourth-order valence-electron chi connectivity index (χ4n) is 3.28. The number of nitrogens with one attached hydrogen (secondary N) is 1. The molecule has 8 nitrogen and oxygen atoms in total. The van der Waals surface area contributed by atoms with E-state index >= 15 is 0 Å². The van der Waals surface area contributed by atoms with Crippen molar-refractivity contribution < 1.29 is 17.7 Å². The van der Waals surface area contributed by atoms with E-state index in [4.69, 9.17) is 16.1 Å². The zero-order chi connectivity index (χ0) is 21.9. The lowest BCUT2D eigenvalue weighted by atomic mass is 9.97. The Labute approximate surface area is 181 Å². The summed E-state index contributed by atoms with van der Waals surface area (Å²) in [6.45, 7) is 2.11. The summed E-state index contributed by atoms with van der Waals surface area (Å²) in [6, 6.07) is 6.88. The van der Waals surface area contributed by atoms with Crippen LogP contribution in [0.2, 0.25) is 5.02 Å². The topological polar surface area (TPSA) is 95.8 Å². The number of carbonyl (C=O) groups is 1. The number of benzene rings is 1. The first kappa shape index (κ1) is 22.3. The van der Waals surface area contributed by atoms with Crippen LogP contribution in [0.1, 0.15) is 24.3 Å². The van der Waals surface area contributed by atoms with Crippen molar-refractivity contribution in [1.82, 2.24) is 14.4 Å². The molecule has 1 amide bonds. The molecule has 0 bridgehead atoms. The molecule has 162 valence electrons. The number of aryl methyl sites for hydroxylation is 1. The highest BCUT2D eigenvalue weighted by Crippen LogP contribution is 2.29. The van der Waals surface area contributed by atoms with E-state index in [1.54, 1.807) is 48.4 Å². The molecule has 0 radical (unpaired) electrons. The summed E-state index contributed by atoms with van der Waals surface area (Å²) in [5, 5.41) is 7.28. The van der Waals surface area contributed by atoms with Crippen LogP contribution < -0.4 is 5.32 Å². The fraction of sp³-hybridized carbons (Fsp3) is 0.400. The van der Waals surface area contributed by atoms with Gasteiger partial charge in [0.05, 0.1) is 0 Å². The molecule has 2 aromatic rings. The average Bonchev–Trinajstić information content (AvgIpc) is 3.09. The highest BCUT2D eigenvalue weighted by molar-refractivity contribution is 7.89. The average molecular weight is 453 g/mol. The van der Waals surface area contributed by atoms with Crippen molar-refractivity contribution in [2.45, 2.75) is 24.7 Å². The van der Waals surface area contributed by atoms with Crippen LogP contribution in [0.15, 0.2) is 39.9 Å². The van der Waals surface area contributed by atoms with Crippen LogP contribution in [-0.4, -0.2) is 55.9 Å². The highest BCUT2D eigenvalue weighted by atomic mass is 35.5. The van der Waals surface area contributed by atoms with Crippen molar-refractivity contribution in [3.63, 3.8) is 0 Å². The summed E-state index contributed by atoms with van der Waals surface area (Å²) in [7, 11) is -0.125. The van der Waals surface area contributed by atoms with Crippen molar-refractivity contribution >= 4 is 39.3 Å². The van der Waals surface area contributed by atoms with Gasteiger partial charge in [-0.2, -0.15) is 4.31 Å². The summed E-state index contributed by atoms with van der Waals surface area (Å²) in [5.74, 6) is -0.183. The Hall–Kier alpha value is -2.36. The number of piperidine rings is 1. The molecular weight excluding hydrogens is 428 g/mol. The molecule has 1 fully saturated rings. The van der Waals surface area contributed by atoms with Gasteiger partial charge in [-0.15, -0.1) is 0 Å². The summed E-state index contributed by atoms with van der Waals surface area (Å²) in [6.07, 6.45) is 4.16. The maximum absolute atomic E-state index is 13.2. The second kappa shape index (κ2) is 9.20. The van der Waals surface area contributed by atoms with Crippen LogP contribution in [0.3, 0.4) is 0 Å². The zero-order valence-electron chi connectivity index (χ0n) is 17.1. The van der Waals surface area contributed by atoms with Crippen LogP contribution in [0.5, 0.6) is 0 Å². The summed E-state index contributed by atoms with van der Waals surface area (Å²) < 4.78 is 33.0. The number of rotatable bonds is 6. The van der Waals surface area contributed by atoms with Crippen LogP contribution in [0.25, 0.3) is 6.08 Å². The fourth-order valence-corrected chi connectivity index (χ4v) is 5.13. The SMILES string of the molecule is Cc1noc(/C=C/N(C)C)c1S(=O)(=O)N1CCC(C(=O)Nc2ccc(Cl)cc2)CC1. The molecule has 0 saturated carbocycles. The minimum atomic E-state index is -3.78. The zero-order valence-corrected chi connectivity index (χ0v) is 18.7. The third-order valence-electron chi connectivity index (χ3n) is 4.89. The summed E-state index contributed by atoms with van der Waals surface area (Å²) in [4.78, 5) is 14.4. The molecular formula is C20H25ClN4O4S. The van der Waals surface area contributed by atoms with Gasteiger partial charge < -0.3 is 14.7 Å². The highest BCUT2D eigenvalue weighted by Gasteiger charge is 2.35. The Balaban J connectivity index is 1.68. The minimum Gasteiger partial charge on any atom is -0.383 e. The van der Waals surface area contributed by atoms with E-state index in [0.717, 1.165) is 0 Å². The molecule has 1 aliphatic rings. The van der Waals surface area contributed by atoms with E-state index in [1.807, 2.05) is 14.1 Å². The number of halogens is 1. The van der Waals surface area contributed by atoms with Gasteiger partial charge in [-0.25, -0.2) is 8.42 Å². The van der Waals surface area contributed by atoms with Gasteiger partial charge in [0.2, 0.25) is 15.9 Å². The quantitative estimate of drug-likeness (QED) is 0.723. The first-order valence-electron chi connectivity index (χ1n) is 9.56. The van der Waals surface area contributed by atoms with Gasteiger partial charge in [0, 0.05) is 56.1 Å². The van der Waals surface area contributed by atoms with E-state index in [9.17, 15) is 13.2 Å². The summed E-state index contributed by atoms with van der Waals surface area (Å²) in [5.41, 5.74) is 0.980. The van der Waals surface area contributed by atoms with Gasteiger partial charge in [-0.05, 0) is 44.0 Å². The number of nitrogens with zero attached hydrogens (tertiary/aromatic N) is 3. The maximum atomic E-state index is 13.2. The predicted molar refractivity (Wildman–Crippen MR) is 116 cm³/mol. The number of amides is 1. The molecule has 0 unspecified atom stereocenters. The monoisotopic (exact) mass is 452 g/mol. The third-order valence-corrected chi connectivity index (χ3v) is 7.20. The first-order chi connectivity index (χ1) is 14.2. The van der Waals surface area contributed by atoms with E-state index in [1.165, 1.54) is 4.31 Å². The van der Waals surface area contributed by atoms with Gasteiger partial charge in [-0.3, -0.25) is 4.79 Å². The molecule has 30 heavy (non-hydrogen) atoms. The molecule has 3 rings (SSSR count). The second-order valence-electron chi connectivity index (χ2n) is 7.42. The standard InChI is InChI=1S/C20H25ClN4O4S/c1-14-19(18(29-23-14)10-11-24(2)3)30(27,28)25-12-8-15(9-13-25)20(26)22-17-6-4-16(21)5-7-17/h4-7,10-11,15H,8-9,12-13H2,1-3H3,(H,22,26)/b11-10+. The largest absolute Gasteiger partial charge is 0.383 e. The van der Waals surface area contributed by atoms with Crippen molar-refractivity contribution in [3.8, 4) is 0 Å². The van der Waals surface area contributed by atoms with Crippen LogP contribution in [0, 0.1) is 12.8 Å². The Morgan fingerprint density at radius 3 is 2.50 bits per heavy atom. The number of sulfonamides is 1. The number of anilines is 1. The normalized spacial score (nSPS) is 16.1. The van der Waals surface area contributed by atoms with Gasteiger partial charge in [-0.1, -0.05) is 16.8 Å². The van der Waals surface area contributed by atoms with Crippen molar-refractivity contribution in [3.05, 3.63) is 46.9 Å². The molecule has 10 heteroatoms. The molecule has 1 aromatic heterocycles. The molecule has 1 aromatic carbocycles. The van der Waals surface area contributed by atoms with Crippen molar-refractivity contribution in [2.24, 2.45) is 5.92 Å². The van der Waals surface area contributed by atoms with Crippen LogP contribution >= 0.6 is 11.6 Å². The lowest BCUT2D eigenvalue weighted by molar-refractivity contribution is -0.120. The molecule has 0 spiro atoms. The van der Waals surface area contributed by atoms with Crippen molar-refractivity contribution in [2.75, 3.05) is 32.5 Å². The number of aromatic nitrogens is 1. The van der Waals surface area contributed by atoms with Crippen LogP contribution in [0.4, 0.5) is 5.69 Å². The van der Waals surface area contributed by atoms with E-state index in [-0.39, 0.29) is 35.6 Å². The lowest BCUT2D eigenvalue weighted by Crippen LogP contribution is -2.41. The Bertz CT molecular complexity index is 1020. The molecule has 1 aliphatic heterocycles. The molecule has 0 atom stereocenters. The molecule has 0 aliphatic carbocycles. The third kappa shape index (κ3) is 5.03. The predicted octanol–water partition coefficient (Wildman–Crippen LogP) is 3.21. The first-order valence-corrected chi connectivity index (χ1v) is 11.4. The van der Waals surface area contributed by atoms with Crippen molar-refractivity contribution in [1.29, 1.82) is 0 Å². The number of hydrogen-bond donors (Lipinski definition) is 1. The van der Waals surface area contributed by atoms with Crippen LogP contribution in [-0.2, 0) is 14.8 Å². The van der Waals surface area contributed by atoms with E-state index in [0.29, 0.717) is 29.2 Å². The Morgan fingerprint density at radius 1 is 1.27 bits per heavy atom. The number of hydrogen-bond acceptors (Lipinski definition) is 6. The van der Waals surface area contributed by atoms with Gasteiger partial charge in [0.1, 0.15) is 5.69 Å². The summed E-state index contributed by atoms with van der Waals surface area (Å²) >= 11 is 5.86. The Morgan fingerprint density at radius 2 is 1.90 bits per heavy atom. The number of carbonyl (C=O) groups excluding carboxylic acids is 1. The smallest absolute Gasteiger partial charge is 0.248 e. The van der Waals surface area contributed by atoms with E-state index in [2.05, 4.69) is 10.5 Å². The lowest BCUT2D eigenvalue weighted by Gasteiger charge is -2.30. The van der Waals surface area contributed by atoms with Gasteiger partial charge in [0.15, 0.2) is 10.7 Å².